The molecule has 1 unspecified atom stereocenters. The van der Waals surface area contributed by atoms with Crippen LogP contribution in [0.3, 0.4) is 0 Å². The number of amides is 3. The number of carbonyl (C=O) groups is 4. The molecule has 0 aromatic heterocycles. The van der Waals surface area contributed by atoms with Gasteiger partial charge in [0.2, 0.25) is 5.91 Å². The summed E-state index contributed by atoms with van der Waals surface area (Å²) in [6, 6.07) is 15.7. The van der Waals surface area contributed by atoms with Gasteiger partial charge in [-0.15, -0.1) is 0 Å². The van der Waals surface area contributed by atoms with E-state index in [1.165, 1.54) is 12.1 Å². The first kappa shape index (κ1) is 18.9. The third kappa shape index (κ3) is 3.76. The third-order valence-electron chi connectivity index (χ3n) is 5.24. The van der Waals surface area contributed by atoms with Gasteiger partial charge in [0.15, 0.2) is 0 Å². The second kappa shape index (κ2) is 7.87. The Bertz CT molecular complexity index is 937. The Balaban J connectivity index is 1.39. The van der Waals surface area contributed by atoms with Crippen LogP contribution in [0.4, 0.5) is 0 Å². The van der Waals surface area contributed by atoms with Crippen molar-refractivity contribution in [2.75, 3.05) is 13.1 Å². The number of carbonyl (C=O) groups excluding carboxylic acids is 4. The summed E-state index contributed by atoms with van der Waals surface area (Å²) >= 11 is 0. The van der Waals surface area contributed by atoms with Gasteiger partial charge in [-0.05, 0) is 30.5 Å². The van der Waals surface area contributed by atoms with Gasteiger partial charge in [-0.2, -0.15) is 0 Å². The molecular formula is C22H20N2O5. The van der Waals surface area contributed by atoms with E-state index < -0.39 is 23.7 Å². The number of hydroxylamine groups is 2. The number of hydrogen-bond acceptors (Lipinski definition) is 5. The molecule has 2 aromatic carbocycles. The summed E-state index contributed by atoms with van der Waals surface area (Å²) < 4.78 is 0. The van der Waals surface area contributed by atoms with Crippen molar-refractivity contribution >= 4 is 23.7 Å². The molecule has 2 aliphatic heterocycles. The first-order valence-corrected chi connectivity index (χ1v) is 9.56. The first-order valence-electron chi connectivity index (χ1n) is 9.56. The van der Waals surface area contributed by atoms with Crippen molar-refractivity contribution in [2.45, 2.75) is 19.3 Å². The SMILES string of the molecule is O=C(ON1C(=O)c2ccccc2C1=O)C1CCCN(C(=O)Cc2ccccc2)C1. The number of piperidine rings is 1. The van der Waals surface area contributed by atoms with Crippen LogP contribution in [-0.4, -0.2) is 46.7 Å². The maximum atomic E-state index is 12.6. The fourth-order valence-electron chi connectivity index (χ4n) is 3.69. The zero-order chi connectivity index (χ0) is 20.4. The fraction of sp³-hybridized carbons (Fsp3) is 0.273. The molecule has 4 rings (SSSR count). The molecule has 0 radical (unpaired) electrons. The third-order valence-corrected chi connectivity index (χ3v) is 5.24. The molecule has 0 N–H and O–H groups in total. The van der Waals surface area contributed by atoms with Crippen LogP contribution >= 0.6 is 0 Å². The highest BCUT2D eigenvalue weighted by atomic mass is 16.7. The summed E-state index contributed by atoms with van der Waals surface area (Å²) in [6.07, 6.45) is 1.46. The molecule has 1 atom stereocenters. The molecule has 1 fully saturated rings. The predicted molar refractivity (Wildman–Crippen MR) is 102 cm³/mol. The Labute approximate surface area is 167 Å². The summed E-state index contributed by atoms with van der Waals surface area (Å²) in [4.78, 5) is 56.7. The summed E-state index contributed by atoms with van der Waals surface area (Å²) in [5, 5.41) is 0.526. The summed E-state index contributed by atoms with van der Waals surface area (Å²) in [7, 11) is 0. The van der Waals surface area contributed by atoms with E-state index in [1.54, 1.807) is 17.0 Å². The molecule has 1 saturated heterocycles. The molecule has 2 aliphatic rings. The molecular weight excluding hydrogens is 372 g/mol. The average molecular weight is 392 g/mol. The minimum atomic E-state index is -0.670. The molecule has 29 heavy (non-hydrogen) atoms. The van der Waals surface area contributed by atoms with Gasteiger partial charge in [-0.25, -0.2) is 4.79 Å². The molecule has 0 aliphatic carbocycles. The Kier molecular flexibility index (Phi) is 5.12. The monoisotopic (exact) mass is 392 g/mol. The highest BCUT2D eigenvalue weighted by molar-refractivity contribution is 6.20. The molecule has 0 saturated carbocycles. The average Bonchev–Trinajstić information content (AvgIpc) is 2.99. The van der Waals surface area contributed by atoms with Gasteiger partial charge < -0.3 is 9.74 Å². The fourth-order valence-corrected chi connectivity index (χ4v) is 3.69. The van der Waals surface area contributed by atoms with E-state index >= 15 is 0 Å². The van der Waals surface area contributed by atoms with Crippen LogP contribution in [0.25, 0.3) is 0 Å². The van der Waals surface area contributed by atoms with Gasteiger partial charge in [0, 0.05) is 13.1 Å². The summed E-state index contributed by atoms with van der Waals surface area (Å²) in [5.74, 6) is -2.60. The van der Waals surface area contributed by atoms with E-state index in [0.29, 0.717) is 24.4 Å². The lowest BCUT2D eigenvalue weighted by Crippen LogP contribution is -2.45. The Morgan fingerprint density at radius 1 is 0.931 bits per heavy atom. The normalized spacial score (nSPS) is 18.6. The van der Waals surface area contributed by atoms with E-state index in [2.05, 4.69) is 0 Å². The van der Waals surface area contributed by atoms with Crippen molar-refractivity contribution in [2.24, 2.45) is 5.92 Å². The van der Waals surface area contributed by atoms with Crippen LogP contribution in [0.5, 0.6) is 0 Å². The summed E-state index contributed by atoms with van der Waals surface area (Å²) in [6.45, 7) is 0.788. The van der Waals surface area contributed by atoms with Crippen molar-refractivity contribution in [3.63, 3.8) is 0 Å². The van der Waals surface area contributed by atoms with E-state index in [1.807, 2.05) is 30.3 Å². The van der Waals surface area contributed by atoms with Gasteiger partial charge in [-0.1, -0.05) is 47.5 Å². The number of likely N-dealkylation sites (tertiary alicyclic amines) is 1. The minimum Gasteiger partial charge on any atom is -0.342 e. The largest absolute Gasteiger partial charge is 0.342 e. The van der Waals surface area contributed by atoms with Gasteiger partial charge in [0.05, 0.1) is 23.5 Å². The Hall–Kier alpha value is -3.48. The highest BCUT2D eigenvalue weighted by Crippen LogP contribution is 2.25. The van der Waals surface area contributed by atoms with Crippen LogP contribution in [0.2, 0.25) is 0 Å². The molecule has 2 aromatic rings. The zero-order valence-electron chi connectivity index (χ0n) is 15.7. The maximum Gasteiger partial charge on any atom is 0.338 e. The van der Waals surface area contributed by atoms with Gasteiger partial charge in [0.1, 0.15) is 0 Å². The van der Waals surface area contributed by atoms with Crippen molar-refractivity contribution in [3.05, 3.63) is 71.3 Å². The first-order chi connectivity index (χ1) is 14.0. The Morgan fingerprint density at radius 2 is 1.55 bits per heavy atom. The number of fused-ring (bicyclic) bond motifs is 1. The molecule has 7 nitrogen and oxygen atoms in total. The van der Waals surface area contributed by atoms with Crippen molar-refractivity contribution in [3.8, 4) is 0 Å². The molecule has 2 heterocycles. The van der Waals surface area contributed by atoms with E-state index in [9.17, 15) is 19.2 Å². The number of nitrogens with zero attached hydrogens (tertiary/aromatic N) is 2. The van der Waals surface area contributed by atoms with Gasteiger partial charge in [-0.3, -0.25) is 14.4 Å². The quantitative estimate of drug-likeness (QED) is 0.745. The van der Waals surface area contributed by atoms with Crippen molar-refractivity contribution < 1.29 is 24.0 Å². The van der Waals surface area contributed by atoms with Crippen molar-refractivity contribution in [1.29, 1.82) is 0 Å². The lowest BCUT2D eigenvalue weighted by Gasteiger charge is -2.32. The lowest BCUT2D eigenvalue weighted by atomic mass is 9.97. The molecule has 7 heteroatoms. The van der Waals surface area contributed by atoms with Crippen LogP contribution in [0, 0.1) is 5.92 Å². The number of benzene rings is 2. The van der Waals surface area contributed by atoms with Crippen LogP contribution in [-0.2, 0) is 20.8 Å². The van der Waals surface area contributed by atoms with Crippen LogP contribution < -0.4 is 0 Å². The second-order valence-corrected chi connectivity index (χ2v) is 7.20. The van der Waals surface area contributed by atoms with E-state index in [0.717, 1.165) is 5.56 Å². The number of hydrogen-bond donors (Lipinski definition) is 0. The molecule has 0 spiro atoms. The summed E-state index contributed by atoms with van der Waals surface area (Å²) in [5.41, 5.74) is 1.34. The molecule has 3 amide bonds. The predicted octanol–water partition coefficient (Wildman–Crippen LogP) is 2.22. The smallest absolute Gasteiger partial charge is 0.338 e. The highest BCUT2D eigenvalue weighted by Gasteiger charge is 2.40. The lowest BCUT2D eigenvalue weighted by molar-refractivity contribution is -0.175. The Morgan fingerprint density at radius 3 is 2.21 bits per heavy atom. The number of rotatable bonds is 4. The topological polar surface area (TPSA) is 84.0 Å². The standard InChI is InChI=1S/C22H20N2O5/c25-19(13-15-7-2-1-3-8-15)23-12-6-9-16(14-23)22(28)29-24-20(26)17-10-4-5-11-18(17)21(24)27/h1-5,7-8,10-11,16H,6,9,12-14H2. The van der Waals surface area contributed by atoms with Crippen LogP contribution in [0.1, 0.15) is 39.1 Å². The molecule has 0 bridgehead atoms. The van der Waals surface area contributed by atoms with Gasteiger partial charge >= 0.3 is 5.97 Å². The zero-order valence-corrected chi connectivity index (χ0v) is 15.7. The van der Waals surface area contributed by atoms with Gasteiger partial charge in [0.25, 0.3) is 11.8 Å². The number of imide groups is 1. The maximum absolute atomic E-state index is 12.6. The second-order valence-electron chi connectivity index (χ2n) is 7.20. The molecule has 148 valence electrons. The minimum absolute atomic E-state index is 0.0607. The van der Waals surface area contributed by atoms with E-state index in [-0.39, 0.29) is 30.0 Å². The van der Waals surface area contributed by atoms with Crippen LogP contribution in [0.15, 0.2) is 54.6 Å². The van der Waals surface area contributed by atoms with E-state index in [4.69, 9.17) is 4.84 Å². The van der Waals surface area contributed by atoms with Crippen molar-refractivity contribution in [1.82, 2.24) is 9.96 Å².